The van der Waals surface area contributed by atoms with E-state index in [9.17, 15) is 23.1 Å². The lowest BCUT2D eigenvalue weighted by Gasteiger charge is -2.10. The summed E-state index contributed by atoms with van der Waals surface area (Å²) in [7, 11) is 0. The molecule has 0 bridgehead atoms. The van der Waals surface area contributed by atoms with Gasteiger partial charge >= 0.3 is 12.3 Å². The summed E-state index contributed by atoms with van der Waals surface area (Å²) in [6.45, 7) is 0. The number of aromatic carboxylic acids is 1. The number of carboxylic acid groups (broad SMARTS) is 1. The lowest BCUT2D eigenvalue weighted by Crippen LogP contribution is -2.16. The van der Waals surface area contributed by atoms with Gasteiger partial charge in [-0.15, -0.1) is 13.2 Å². The van der Waals surface area contributed by atoms with E-state index in [0.29, 0.717) is 16.6 Å². The predicted molar refractivity (Wildman–Crippen MR) is 100 cm³/mol. The second-order valence-electron chi connectivity index (χ2n) is 6.25. The molecule has 8 heteroatoms. The SMILES string of the molecule is O=C(O)c1ccc2ncn(-c3cccc(-c4ccc(OC(F)(F)F)cc4)c3)c2c1. The lowest BCUT2D eigenvalue weighted by atomic mass is 10.0. The van der Waals surface area contributed by atoms with Crippen molar-refractivity contribution in [2.45, 2.75) is 6.36 Å². The predicted octanol–water partition coefficient (Wildman–Crippen LogP) is 5.29. The number of hydrogen-bond acceptors (Lipinski definition) is 3. The first kappa shape index (κ1) is 18.5. The molecule has 146 valence electrons. The number of aromatic nitrogens is 2. The van der Waals surface area contributed by atoms with Crippen LogP contribution in [0.25, 0.3) is 27.8 Å². The Morgan fingerprint density at radius 2 is 1.72 bits per heavy atom. The molecule has 0 saturated heterocycles. The molecule has 0 radical (unpaired) electrons. The first-order valence-electron chi connectivity index (χ1n) is 8.47. The maximum atomic E-state index is 12.3. The van der Waals surface area contributed by atoms with E-state index in [2.05, 4.69) is 9.72 Å². The van der Waals surface area contributed by atoms with E-state index in [1.165, 1.54) is 30.3 Å². The highest BCUT2D eigenvalue weighted by atomic mass is 19.4. The molecule has 3 aromatic carbocycles. The number of rotatable bonds is 4. The molecule has 0 unspecified atom stereocenters. The maximum absolute atomic E-state index is 12.3. The minimum atomic E-state index is -4.74. The van der Waals surface area contributed by atoms with Crippen molar-refractivity contribution in [2.75, 3.05) is 0 Å². The van der Waals surface area contributed by atoms with Crippen LogP contribution in [-0.2, 0) is 0 Å². The number of halogens is 3. The van der Waals surface area contributed by atoms with Crippen LogP contribution in [0.15, 0.2) is 73.1 Å². The normalized spacial score (nSPS) is 11.6. The number of ether oxygens (including phenoxy) is 1. The van der Waals surface area contributed by atoms with E-state index in [1.807, 2.05) is 18.2 Å². The van der Waals surface area contributed by atoms with Gasteiger partial charge in [-0.2, -0.15) is 0 Å². The Kier molecular flexibility index (Phi) is 4.46. The van der Waals surface area contributed by atoms with Crippen LogP contribution in [-0.4, -0.2) is 27.0 Å². The largest absolute Gasteiger partial charge is 0.573 e. The number of carboxylic acids is 1. The van der Waals surface area contributed by atoms with Crippen LogP contribution in [0, 0.1) is 0 Å². The number of fused-ring (bicyclic) bond motifs is 1. The van der Waals surface area contributed by atoms with Gasteiger partial charge in [-0.3, -0.25) is 4.57 Å². The summed E-state index contributed by atoms with van der Waals surface area (Å²) in [6.07, 6.45) is -3.14. The van der Waals surface area contributed by atoms with E-state index in [-0.39, 0.29) is 11.3 Å². The molecule has 1 heterocycles. The summed E-state index contributed by atoms with van der Waals surface area (Å²) >= 11 is 0. The van der Waals surface area contributed by atoms with Crippen LogP contribution < -0.4 is 4.74 Å². The molecule has 0 aliphatic rings. The minimum absolute atomic E-state index is 0.149. The van der Waals surface area contributed by atoms with Gasteiger partial charge in [0.1, 0.15) is 12.1 Å². The van der Waals surface area contributed by atoms with Crippen molar-refractivity contribution in [3.63, 3.8) is 0 Å². The average Bonchev–Trinajstić information content (AvgIpc) is 3.10. The molecule has 0 saturated carbocycles. The van der Waals surface area contributed by atoms with Crippen LogP contribution >= 0.6 is 0 Å². The fourth-order valence-electron chi connectivity index (χ4n) is 3.03. The van der Waals surface area contributed by atoms with Gasteiger partial charge in [-0.1, -0.05) is 24.3 Å². The van der Waals surface area contributed by atoms with Gasteiger partial charge in [0, 0.05) is 5.69 Å². The number of carbonyl (C=O) groups is 1. The van der Waals surface area contributed by atoms with Crippen molar-refractivity contribution in [2.24, 2.45) is 0 Å². The Bertz CT molecular complexity index is 1200. The fourth-order valence-corrected chi connectivity index (χ4v) is 3.03. The molecule has 0 atom stereocenters. The second kappa shape index (κ2) is 6.97. The molecule has 0 aliphatic carbocycles. The van der Waals surface area contributed by atoms with Crippen LogP contribution in [0.5, 0.6) is 5.75 Å². The molecule has 5 nitrogen and oxygen atoms in total. The molecular formula is C21H13F3N2O3. The van der Waals surface area contributed by atoms with Gasteiger partial charge in [0.2, 0.25) is 0 Å². The number of benzene rings is 3. The third-order valence-corrected chi connectivity index (χ3v) is 4.34. The third kappa shape index (κ3) is 3.91. The topological polar surface area (TPSA) is 64.3 Å². The van der Waals surface area contributed by atoms with Gasteiger partial charge in [0.15, 0.2) is 0 Å². The Labute approximate surface area is 162 Å². The molecule has 4 rings (SSSR count). The van der Waals surface area contributed by atoms with Gasteiger partial charge in [-0.05, 0) is 53.6 Å². The minimum Gasteiger partial charge on any atom is -0.478 e. The van der Waals surface area contributed by atoms with Crippen LogP contribution in [0.1, 0.15) is 10.4 Å². The molecule has 0 spiro atoms. The Morgan fingerprint density at radius 1 is 0.966 bits per heavy atom. The Morgan fingerprint density at radius 3 is 2.41 bits per heavy atom. The number of imidazole rings is 1. The molecular weight excluding hydrogens is 385 g/mol. The van der Waals surface area contributed by atoms with Gasteiger partial charge in [0.05, 0.1) is 16.6 Å². The van der Waals surface area contributed by atoms with Crippen LogP contribution in [0.4, 0.5) is 13.2 Å². The second-order valence-corrected chi connectivity index (χ2v) is 6.25. The number of alkyl halides is 3. The number of hydrogen-bond donors (Lipinski definition) is 1. The Balaban J connectivity index is 1.70. The van der Waals surface area contributed by atoms with Gasteiger partial charge in [-0.25, -0.2) is 9.78 Å². The van der Waals surface area contributed by atoms with Crippen molar-refractivity contribution in [3.05, 3.63) is 78.6 Å². The lowest BCUT2D eigenvalue weighted by molar-refractivity contribution is -0.274. The molecule has 1 N–H and O–H groups in total. The molecule has 0 amide bonds. The maximum Gasteiger partial charge on any atom is 0.573 e. The monoisotopic (exact) mass is 398 g/mol. The zero-order valence-electron chi connectivity index (χ0n) is 14.7. The zero-order chi connectivity index (χ0) is 20.6. The third-order valence-electron chi connectivity index (χ3n) is 4.34. The molecule has 0 fully saturated rings. The fraction of sp³-hybridized carbons (Fsp3) is 0.0476. The molecule has 29 heavy (non-hydrogen) atoms. The summed E-state index contributed by atoms with van der Waals surface area (Å²) in [6, 6.07) is 17.5. The van der Waals surface area contributed by atoms with Crippen molar-refractivity contribution in [3.8, 4) is 22.6 Å². The standard InChI is InChI=1S/C21H13F3N2O3/c22-21(23,24)29-17-7-4-13(5-8-17)14-2-1-3-16(10-14)26-12-25-18-9-6-15(20(27)28)11-19(18)26/h1-12H,(H,27,28). The van der Waals surface area contributed by atoms with Crippen molar-refractivity contribution < 1.29 is 27.8 Å². The zero-order valence-corrected chi connectivity index (χ0v) is 14.7. The molecule has 1 aromatic heterocycles. The highest BCUT2D eigenvalue weighted by Crippen LogP contribution is 2.28. The van der Waals surface area contributed by atoms with Gasteiger partial charge < -0.3 is 9.84 Å². The van der Waals surface area contributed by atoms with Crippen LogP contribution in [0.2, 0.25) is 0 Å². The average molecular weight is 398 g/mol. The highest BCUT2D eigenvalue weighted by molar-refractivity contribution is 5.92. The van der Waals surface area contributed by atoms with Crippen molar-refractivity contribution in [1.29, 1.82) is 0 Å². The summed E-state index contributed by atoms with van der Waals surface area (Å²) in [5, 5.41) is 9.22. The van der Waals surface area contributed by atoms with E-state index in [0.717, 1.165) is 11.3 Å². The van der Waals surface area contributed by atoms with Crippen molar-refractivity contribution in [1.82, 2.24) is 9.55 Å². The van der Waals surface area contributed by atoms with E-state index < -0.39 is 12.3 Å². The summed E-state index contributed by atoms with van der Waals surface area (Å²) < 4.78 is 42.6. The molecule has 4 aromatic rings. The summed E-state index contributed by atoms with van der Waals surface area (Å²) in [5.74, 6) is -1.33. The first-order chi connectivity index (χ1) is 13.8. The van der Waals surface area contributed by atoms with E-state index in [4.69, 9.17) is 0 Å². The highest BCUT2D eigenvalue weighted by Gasteiger charge is 2.30. The van der Waals surface area contributed by atoms with Crippen LogP contribution in [0.3, 0.4) is 0 Å². The summed E-state index contributed by atoms with van der Waals surface area (Å²) in [5.41, 5.74) is 3.65. The van der Waals surface area contributed by atoms with Crippen molar-refractivity contribution >= 4 is 17.0 Å². The van der Waals surface area contributed by atoms with E-state index in [1.54, 1.807) is 29.1 Å². The van der Waals surface area contributed by atoms with Gasteiger partial charge in [0.25, 0.3) is 0 Å². The van der Waals surface area contributed by atoms with E-state index >= 15 is 0 Å². The Hall–Kier alpha value is -3.81. The quantitative estimate of drug-likeness (QED) is 0.507. The first-order valence-corrected chi connectivity index (χ1v) is 8.47. The smallest absolute Gasteiger partial charge is 0.478 e. The molecule has 0 aliphatic heterocycles. The summed E-state index contributed by atoms with van der Waals surface area (Å²) in [4.78, 5) is 15.5. The number of nitrogens with zero attached hydrogens (tertiary/aromatic N) is 2.